The van der Waals surface area contributed by atoms with E-state index in [0.29, 0.717) is 24.3 Å². The Balaban J connectivity index is 0.000000617. The first-order valence-corrected chi connectivity index (χ1v) is 17.6. The van der Waals surface area contributed by atoms with Crippen LogP contribution >= 0.6 is 0 Å². The quantitative estimate of drug-likeness (QED) is 0.382. The van der Waals surface area contributed by atoms with E-state index in [-0.39, 0.29) is 17.7 Å². The predicted molar refractivity (Wildman–Crippen MR) is 168 cm³/mol. The fourth-order valence-electron chi connectivity index (χ4n) is 8.04. The maximum atomic E-state index is 13.2. The van der Waals surface area contributed by atoms with Crippen molar-refractivity contribution in [3.8, 4) is 0 Å². The number of likely N-dealkylation sites (N-methyl/N-ethyl adjacent to an activating group) is 1. The minimum atomic E-state index is -5.08. The molecule has 1 unspecified atom stereocenters. The molecule has 0 aromatic rings. The number of carboxylic acids is 1. The van der Waals surface area contributed by atoms with Crippen molar-refractivity contribution in [2.45, 2.75) is 114 Å². The summed E-state index contributed by atoms with van der Waals surface area (Å²) in [7, 11) is 2.17. The van der Waals surface area contributed by atoms with Crippen LogP contribution in [0.15, 0.2) is 0 Å². The van der Waals surface area contributed by atoms with E-state index < -0.39 is 12.1 Å². The third kappa shape index (κ3) is 9.95. The van der Waals surface area contributed by atoms with Crippen LogP contribution < -0.4 is 0 Å². The van der Waals surface area contributed by atoms with Gasteiger partial charge in [-0.25, -0.2) is 9.59 Å². The molecule has 4 heterocycles. The Morgan fingerprint density at radius 3 is 2.11 bits per heavy atom. The molecular formula is C33H56F3N5O5. The molecule has 46 heavy (non-hydrogen) atoms. The number of halogens is 3. The molecule has 0 bridgehead atoms. The van der Waals surface area contributed by atoms with Gasteiger partial charge in [0.1, 0.15) is 5.60 Å². The minimum Gasteiger partial charge on any atom is -0.475 e. The summed E-state index contributed by atoms with van der Waals surface area (Å²) >= 11 is 0. The van der Waals surface area contributed by atoms with Crippen LogP contribution in [-0.2, 0) is 14.3 Å². The van der Waals surface area contributed by atoms with Gasteiger partial charge in [-0.05, 0) is 45.1 Å². The minimum absolute atomic E-state index is 0.0430. The third-order valence-corrected chi connectivity index (χ3v) is 11.0. The lowest BCUT2D eigenvalue weighted by Gasteiger charge is -2.46. The van der Waals surface area contributed by atoms with Crippen molar-refractivity contribution in [3.05, 3.63) is 0 Å². The fraction of sp³-hybridized carbons (Fsp3) is 0.909. The van der Waals surface area contributed by atoms with Gasteiger partial charge in [-0.3, -0.25) is 9.69 Å². The lowest BCUT2D eigenvalue weighted by molar-refractivity contribution is -0.192. The Labute approximate surface area is 272 Å². The van der Waals surface area contributed by atoms with Crippen LogP contribution in [0.5, 0.6) is 0 Å². The van der Waals surface area contributed by atoms with Crippen LogP contribution in [0.4, 0.5) is 18.0 Å². The number of alkyl halides is 3. The monoisotopic (exact) mass is 659 g/mol. The molecule has 13 heteroatoms. The summed E-state index contributed by atoms with van der Waals surface area (Å²) in [5, 5.41) is 7.12. The molecule has 0 radical (unpaired) electrons. The number of nitrogens with zero attached hydrogens (tertiary/aromatic N) is 5. The molecule has 0 aromatic carbocycles. The lowest BCUT2D eigenvalue weighted by Crippen LogP contribution is -2.56. The second-order valence-electron chi connectivity index (χ2n) is 14.1. The van der Waals surface area contributed by atoms with E-state index in [1.807, 2.05) is 0 Å². The average Bonchev–Trinajstić information content (AvgIpc) is 3.29. The summed E-state index contributed by atoms with van der Waals surface area (Å²) in [6.45, 7) is 12.2. The molecule has 264 valence electrons. The summed E-state index contributed by atoms with van der Waals surface area (Å²) in [6, 6.07) is 0.794. The highest BCUT2D eigenvalue weighted by molar-refractivity contribution is 5.76. The Kier molecular flexibility index (Phi) is 13.4. The number of piperazine rings is 1. The molecule has 10 nitrogen and oxygen atoms in total. The molecule has 4 aliphatic heterocycles. The Bertz CT molecular complexity index is 987. The predicted octanol–water partition coefficient (Wildman–Crippen LogP) is 4.67. The summed E-state index contributed by atoms with van der Waals surface area (Å²) < 4.78 is 38.1. The van der Waals surface area contributed by atoms with Crippen molar-refractivity contribution in [3.63, 3.8) is 0 Å². The molecule has 1 spiro atoms. The van der Waals surface area contributed by atoms with Crippen LogP contribution in [0.1, 0.15) is 90.4 Å². The first kappa shape index (κ1) is 36.7. The topological polar surface area (TPSA) is 96.9 Å². The Morgan fingerprint density at radius 1 is 0.935 bits per heavy atom. The highest BCUT2D eigenvalue weighted by Crippen LogP contribution is 2.43. The van der Waals surface area contributed by atoms with Gasteiger partial charge in [0.05, 0.1) is 6.04 Å². The number of likely N-dealkylation sites (tertiary alicyclic amines) is 2. The van der Waals surface area contributed by atoms with Gasteiger partial charge >= 0.3 is 18.2 Å². The van der Waals surface area contributed by atoms with Gasteiger partial charge in [-0.2, -0.15) is 13.2 Å². The Morgan fingerprint density at radius 2 is 1.54 bits per heavy atom. The van der Waals surface area contributed by atoms with E-state index in [1.165, 1.54) is 32.1 Å². The van der Waals surface area contributed by atoms with E-state index >= 15 is 0 Å². The number of carbonyl (C=O) groups excluding carboxylic acids is 2. The molecule has 5 aliphatic rings. The van der Waals surface area contributed by atoms with Gasteiger partial charge in [0, 0.05) is 90.8 Å². The van der Waals surface area contributed by atoms with Crippen molar-refractivity contribution in [1.29, 1.82) is 0 Å². The largest absolute Gasteiger partial charge is 0.490 e. The molecule has 4 saturated heterocycles. The fourth-order valence-corrected chi connectivity index (χ4v) is 8.04. The van der Waals surface area contributed by atoms with Crippen molar-refractivity contribution in [1.82, 2.24) is 24.5 Å². The van der Waals surface area contributed by atoms with Gasteiger partial charge in [-0.1, -0.05) is 39.0 Å². The van der Waals surface area contributed by atoms with Gasteiger partial charge in [0.2, 0.25) is 5.91 Å². The number of amides is 2. The van der Waals surface area contributed by atoms with Crippen molar-refractivity contribution < 1.29 is 37.4 Å². The van der Waals surface area contributed by atoms with Crippen molar-refractivity contribution >= 4 is 18.0 Å². The smallest absolute Gasteiger partial charge is 0.475 e. The van der Waals surface area contributed by atoms with Gasteiger partial charge in [0.15, 0.2) is 0 Å². The van der Waals surface area contributed by atoms with Crippen LogP contribution in [0.25, 0.3) is 0 Å². The maximum absolute atomic E-state index is 13.2. The zero-order valence-corrected chi connectivity index (χ0v) is 27.9. The first-order chi connectivity index (χ1) is 21.9. The van der Waals surface area contributed by atoms with Crippen molar-refractivity contribution in [2.75, 3.05) is 72.5 Å². The van der Waals surface area contributed by atoms with E-state index in [0.717, 1.165) is 110 Å². The van der Waals surface area contributed by atoms with E-state index in [2.05, 4.69) is 38.5 Å². The first-order valence-electron chi connectivity index (χ1n) is 17.6. The lowest BCUT2D eigenvalue weighted by atomic mass is 9.80. The van der Waals surface area contributed by atoms with Crippen LogP contribution in [0, 0.1) is 5.92 Å². The second kappa shape index (κ2) is 16.8. The standard InChI is InChI=1S/C31H55N5O3.C2HF3O2/c1-3-4-10-28-31(39-30(38)36(28)25-26-8-6-5-7-9-26)14-19-34(20-15-31)27-11-17-35(18-12-27)29(37)13-16-33-23-21-32(2)22-24-33;3-2(4,5)1(6)7/h26-28H,3-25H2,1-2H3;(H,6,7). The average molecular weight is 660 g/mol. The molecule has 5 fully saturated rings. The van der Waals surface area contributed by atoms with E-state index in [1.54, 1.807) is 0 Å². The molecule has 2 amide bonds. The summed E-state index contributed by atoms with van der Waals surface area (Å²) in [5.74, 6) is -1.77. The number of rotatable bonds is 9. The number of carbonyl (C=O) groups is 3. The Hall–Kier alpha value is -2.12. The molecule has 1 aliphatic carbocycles. The molecular weight excluding hydrogens is 603 g/mol. The van der Waals surface area contributed by atoms with E-state index in [9.17, 15) is 22.8 Å². The number of hydrogen-bond acceptors (Lipinski definition) is 7. The highest BCUT2D eigenvalue weighted by Gasteiger charge is 2.55. The molecule has 5 rings (SSSR count). The second-order valence-corrected chi connectivity index (χ2v) is 14.1. The molecule has 1 saturated carbocycles. The number of carboxylic acid groups (broad SMARTS) is 1. The summed E-state index contributed by atoms with van der Waals surface area (Å²) in [6.07, 6.45) is 9.49. The zero-order valence-electron chi connectivity index (χ0n) is 27.9. The number of unbranched alkanes of at least 4 members (excludes halogenated alkanes) is 1. The maximum Gasteiger partial charge on any atom is 0.490 e. The van der Waals surface area contributed by atoms with Crippen LogP contribution in [0.2, 0.25) is 0 Å². The summed E-state index contributed by atoms with van der Waals surface area (Å²) in [5.41, 5.74) is -0.294. The molecule has 1 atom stereocenters. The third-order valence-electron chi connectivity index (χ3n) is 11.0. The molecule has 0 aromatic heterocycles. The van der Waals surface area contributed by atoms with Gasteiger partial charge < -0.3 is 29.4 Å². The number of aliphatic carboxylic acids is 1. The van der Waals surface area contributed by atoms with E-state index in [4.69, 9.17) is 14.6 Å². The SMILES string of the molecule is CCCCC1N(CC2CCCCC2)C(=O)OC12CCN(C1CCN(C(=O)CCN3CCN(C)CC3)CC1)CC2.O=C(O)C(F)(F)F. The van der Waals surface area contributed by atoms with Crippen LogP contribution in [-0.4, -0.2) is 144 Å². The highest BCUT2D eigenvalue weighted by atomic mass is 19.4. The number of ether oxygens (including phenoxy) is 1. The zero-order chi connectivity index (χ0) is 33.3. The number of piperidine rings is 2. The van der Waals surface area contributed by atoms with Gasteiger partial charge in [0.25, 0.3) is 0 Å². The normalized spacial score (nSPS) is 25.8. The van der Waals surface area contributed by atoms with Crippen molar-refractivity contribution in [2.24, 2.45) is 5.92 Å². The number of hydrogen-bond donors (Lipinski definition) is 1. The molecule has 1 N–H and O–H groups in total. The van der Waals surface area contributed by atoms with Gasteiger partial charge in [-0.15, -0.1) is 0 Å². The summed E-state index contributed by atoms with van der Waals surface area (Å²) in [4.78, 5) is 46.7. The van der Waals surface area contributed by atoms with Crippen LogP contribution in [0.3, 0.4) is 0 Å².